The summed E-state index contributed by atoms with van der Waals surface area (Å²) in [5.74, 6) is 1.83. The van der Waals surface area contributed by atoms with Crippen LogP contribution >= 0.6 is 0 Å². The van der Waals surface area contributed by atoms with Crippen molar-refractivity contribution in [3.63, 3.8) is 0 Å². The van der Waals surface area contributed by atoms with Crippen molar-refractivity contribution in [1.29, 1.82) is 5.26 Å². The Labute approximate surface area is 630 Å². The maximum absolute atomic E-state index is 11.1. The minimum Gasteiger partial charge on any atom is -0.748 e. The number of fused-ring (bicyclic) bond motifs is 20. The van der Waals surface area contributed by atoms with Crippen molar-refractivity contribution in [3.8, 4) is 51.7 Å². The third-order valence-corrected chi connectivity index (χ3v) is 13.8. The molecule has 89 heavy (non-hydrogen) atoms. The van der Waals surface area contributed by atoms with Crippen molar-refractivity contribution in [2.45, 2.75) is 4.90 Å². The van der Waals surface area contributed by atoms with E-state index in [4.69, 9.17) is 66.5 Å². The number of benzene rings is 5. The molecule has 0 saturated heterocycles. The van der Waals surface area contributed by atoms with Gasteiger partial charge in [-0.3, -0.25) is 5.32 Å². The number of anilines is 4. The minimum atomic E-state index is -5.67. The first-order valence-electron chi connectivity index (χ1n) is 22.2. The van der Waals surface area contributed by atoms with Crippen LogP contribution in [-0.2, 0) is 77.2 Å². The van der Waals surface area contributed by atoms with Gasteiger partial charge in [-0.1, -0.05) is 108 Å². The number of hydrogen-bond acceptors (Lipinski definition) is 29. The molecule has 441 valence electrons. The number of rotatable bonds is 9. The average molecular weight is 1420 g/mol. The third-order valence-electron chi connectivity index (χ3n) is 10.3. The molecule has 44 heteroatoms. The number of nitriles is 1. The molecule has 4 N–H and O–H groups in total. The number of hydrogen-bond donors (Lipinski definition) is 4. The molecule has 9 aromatic rings. The van der Waals surface area contributed by atoms with Crippen molar-refractivity contribution >= 4 is 128 Å². The fraction of sp³-hybridized carbons (Fsp3) is 0.0667. The molecule has 2 aliphatic rings. The van der Waals surface area contributed by atoms with Gasteiger partial charge in [0.05, 0.1) is 46.3 Å². The zero-order valence-corrected chi connectivity index (χ0v) is 62.7. The van der Waals surface area contributed by atoms with Crippen LogP contribution < -0.4 is 178 Å². The van der Waals surface area contributed by atoms with Crippen LogP contribution in [0.15, 0.2) is 120 Å². The fourth-order valence-electron chi connectivity index (χ4n) is 7.12. The largest absolute Gasteiger partial charge is 1.00 e. The van der Waals surface area contributed by atoms with Crippen LogP contribution in [0.2, 0.25) is 0 Å². The second-order valence-electron chi connectivity index (χ2n) is 16.1. The summed E-state index contributed by atoms with van der Waals surface area (Å²) >= 11 is -0.750. The Kier molecular flexibility index (Phi) is 33.7. The molecule has 2 aliphatic heterocycles. The van der Waals surface area contributed by atoms with Crippen molar-refractivity contribution in [2.24, 2.45) is 0 Å². The van der Waals surface area contributed by atoms with E-state index in [1.807, 2.05) is 97.1 Å². The molecule has 0 unspecified atom stereocenters. The van der Waals surface area contributed by atoms with Crippen LogP contribution in [-0.4, -0.2) is 133 Å². The van der Waals surface area contributed by atoms with Crippen molar-refractivity contribution in [3.05, 3.63) is 121 Å². The van der Waals surface area contributed by atoms with Gasteiger partial charge in [0.1, 0.15) is 10.1 Å². The molecule has 32 nitrogen and oxygen atoms in total. The summed E-state index contributed by atoms with van der Waals surface area (Å²) in [6.07, 6.45) is 3.18. The number of aromatic nitrogens is 11. The van der Waals surface area contributed by atoms with Gasteiger partial charge in [0.15, 0.2) is 24.5 Å². The molecule has 1 radical (unpaired) electrons. The molecule has 11 rings (SSSR count). The molecule has 4 aromatic heterocycles. The summed E-state index contributed by atoms with van der Waals surface area (Å²) in [4.78, 5) is 50.5. The zero-order chi connectivity index (χ0) is 60.5. The van der Waals surface area contributed by atoms with E-state index in [9.17, 15) is 47.3 Å². The predicted molar refractivity (Wildman–Crippen MR) is 290 cm³/mol. The molecule has 0 amide bonds. The second-order valence-corrected chi connectivity index (χ2v) is 24.9. The molecule has 0 saturated carbocycles. The summed E-state index contributed by atoms with van der Waals surface area (Å²) in [6.45, 7) is -0.232. The van der Waals surface area contributed by atoms with Gasteiger partial charge in [-0.25, -0.2) is 52.1 Å². The molecule has 0 aliphatic carbocycles. The van der Waals surface area contributed by atoms with E-state index < -0.39 is 65.0 Å². The van der Waals surface area contributed by atoms with E-state index >= 15 is 0 Å². The Bertz CT molecular complexity index is 4530. The normalized spacial score (nSPS) is 10.9. The topological polar surface area (TPSA) is 513 Å². The summed E-state index contributed by atoms with van der Waals surface area (Å²) in [6, 6.07) is 37.8. The monoisotopic (exact) mass is 1420 g/mol. The quantitative estimate of drug-likeness (QED) is 0.0198. The van der Waals surface area contributed by atoms with Gasteiger partial charge in [0.2, 0.25) is 27.9 Å². The van der Waals surface area contributed by atoms with Crippen molar-refractivity contribution in [2.75, 3.05) is 35.1 Å². The standard InChI is InChI=1S/C32H16N8.C12H13N8O5S2.CH4O3S.Cu.5Na.H2O6S2.O2S/c1-2-10-18-17(9-1)25-33-26(18)38-28-21-13-5-6-14-22(21)30(35-28)40-32-24-16-8-7-15-23(24)31(36-32)39-29-20-12-4-3-11-19(20)27(34-29)37-25;1-26(21,22)16-7-15-11-18-10(14-6-13)19-12(20-11)17-8-3-2-4-9(5-8)27(23,24)25;1-5(2,3)4;;;;;;;1-7(2,3)8(4,5)6;1-3-2/h1-16H;2,4-5,16H,7H2,1H3,(H,23,24,25)(H3,14,15,17,18,19,20);1H3,(H,2,3,4);;;;;;;(H,1,2,3)(H,4,5,6);/q-2;-1;;;5*+1;;/p-4. The molecule has 5 aromatic carbocycles. The van der Waals surface area contributed by atoms with Crippen LogP contribution in [0.3, 0.4) is 0 Å². The van der Waals surface area contributed by atoms with Crippen molar-refractivity contribution in [1.82, 2.24) is 59.5 Å². The molecule has 0 spiro atoms. The zero-order valence-electron chi connectivity index (χ0n) is 46.8. The van der Waals surface area contributed by atoms with E-state index in [0.29, 0.717) is 52.1 Å². The van der Waals surface area contributed by atoms with Gasteiger partial charge in [0.25, 0.3) is 0 Å². The smallest absolute Gasteiger partial charge is 0.748 e. The number of nitrogens with one attached hydrogen (secondary N) is 4. The predicted octanol–water partition coefficient (Wildman–Crippen LogP) is -13.2. The fourth-order valence-corrected chi connectivity index (χ4v) is 7.95. The molecule has 0 fully saturated rings. The number of sulfonamides is 1. The maximum atomic E-state index is 11.1. The van der Waals surface area contributed by atoms with E-state index in [1.165, 1.54) is 6.07 Å². The van der Waals surface area contributed by atoms with Gasteiger partial charge < -0.3 is 58.7 Å². The van der Waals surface area contributed by atoms with E-state index in [0.717, 1.165) is 62.2 Å². The summed E-state index contributed by atoms with van der Waals surface area (Å²) < 4.78 is 157. The van der Waals surface area contributed by atoms with Crippen LogP contribution in [0.5, 0.6) is 0 Å². The molecule has 6 heterocycles. The van der Waals surface area contributed by atoms with Crippen LogP contribution in [0.4, 0.5) is 23.5 Å². The van der Waals surface area contributed by atoms with E-state index in [1.54, 1.807) is 6.19 Å². The van der Waals surface area contributed by atoms with Crippen molar-refractivity contribution < 1.29 is 234 Å². The Morgan fingerprint density at radius 3 is 1.16 bits per heavy atom. The van der Waals surface area contributed by atoms with Crippen LogP contribution in [0.1, 0.15) is 0 Å². The Balaban J connectivity index is 0.000000707. The molecule has 0 atom stereocenters. The summed E-state index contributed by atoms with van der Waals surface area (Å²) in [5.41, 5.74) is 5.85. The molecular weight excluding hydrogens is 1390 g/mol. The Hall–Kier alpha value is -3.75. The van der Waals surface area contributed by atoms with Crippen LogP contribution in [0, 0.1) is 17.5 Å². The van der Waals surface area contributed by atoms with Gasteiger partial charge in [-0.2, -0.15) is 51.6 Å². The average Bonchev–Trinajstić information content (AvgIpc) is 2.19. The Morgan fingerprint density at radius 1 is 0.517 bits per heavy atom. The van der Waals surface area contributed by atoms with Gasteiger partial charge in [0, 0.05) is 68.2 Å². The summed E-state index contributed by atoms with van der Waals surface area (Å²) in [7, 11) is -23.4. The maximum Gasteiger partial charge on any atom is 1.00 e. The van der Waals surface area contributed by atoms with Gasteiger partial charge >= 0.3 is 159 Å². The molecular formula is C45H31CuN16Na5O16S6-2. The van der Waals surface area contributed by atoms with Crippen LogP contribution in [0.25, 0.3) is 89.7 Å². The minimum absolute atomic E-state index is 0. The summed E-state index contributed by atoms with van der Waals surface area (Å²) in [5, 5.41) is 19.6. The van der Waals surface area contributed by atoms with Gasteiger partial charge in [-0.05, 0) is 21.5 Å². The first-order valence-corrected chi connectivity index (χ1v) is 31.3. The van der Waals surface area contributed by atoms with E-state index in [2.05, 4.69) is 41.7 Å². The SMILES string of the molecule is CS(=O)(=O)NCNc1nc(NC#N)nc(Nc2[c-]ccc(S(=O)(=O)[O-])c2)n1.CS(=O)(=O)[O-].O=S(=O)([O-])S(=O)(=O)[O-].O=S=O.[Cu].[Na+].[Na+].[Na+].[Na+].[Na+].c1ccc2c(c1)-c1nc-2nc2[n-]c(nc3nc(nc4[n-]c(n1)c1ccccc41)-c1ccccc1-3)c1ccccc21. The van der Waals surface area contributed by atoms with E-state index in [-0.39, 0.29) is 195 Å². The first kappa shape index (κ1) is 83.3. The van der Waals surface area contributed by atoms with Gasteiger partial charge in [-0.15, -0.1) is 6.07 Å². The number of nitrogens with zero attached hydrogens (tertiary/aromatic N) is 12. The molecule has 8 bridgehead atoms. The second kappa shape index (κ2) is 36.1. The third kappa shape index (κ3) is 23.6. The first-order chi connectivity index (χ1) is 39.0. The Morgan fingerprint density at radius 2 is 0.843 bits per heavy atom.